The molecule has 1 heterocycles. The number of carbonyl (C=O) groups excluding carboxylic acids is 3. The Kier molecular flexibility index (Phi) is 3.88. The Morgan fingerprint density at radius 1 is 1.23 bits per heavy atom. The molecule has 12 heteroatoms. The smallest absolute Gasteiger partial charge is 0.434 e. The molecule has 2 bridgehead atoms. The molecule has 6 unspecified atom stereocenters. The number of rotatable bonds is 3. The van der Waals surface area contributed by atoms with Gasteiger partial charge in [0.25, 0.3) is 6.10 Å². The van der Waals surface area contributed by atoms with Crippen molar-refractivity contribution in [3.8, 4) is 0 Å². The highest BCUT2D eigenvalue weighted by Crippen LogP contribution is 2.65. The molecular formula is C14H12F6O6. The van der Waals surface area contributed by atoms with E-state index in [4.69, 9.17) is 4.74 Å². The van der Waals surface area contributed by atoms with Gasteiger partial charge in [0.05, 0.1) is 12.0 Å². The zero-order valence-corrected chi connectivity index (χ0v) is 12.9. The van der Waals surface area contributed by atoms with E-state index in [9.17, 15) is 45.8 Å². The number of hydrogen-bond acceptors (Lipinski definition) is 6. The number of ether oxygens (including phenoxy) is 2. The van der Waals surface area contributed by atoms with E-state index in [1.54, 1.807) is 0 Å². The van der Waals surface area contributed by atoms with Gasteiger partial charge in [-0.1, -0.05) is 0 Å². The lowest BCUT2D eigenvalue weighted by atomic mass is 9.64. The maximum atomic E-state index is 12.7. The summed E-state index contributed by atoms with van der Waals surface area (Å²) in [5, 5.41) is 10.0. The minimum absolute atomic E-state index is 0.125. The number of Topliss-reactive ketones (excluding diaryl/α,β-unsaturated/α-hetero) is 1. The molecule has 0 radical (unpaired) electrons. The number of halogens is 6. The number of aliphatic hydroxyl groups is 1. The molecule has 1 N–H and O–H groups in total. The summed E-state index contributed by atoms with van der Waals surface area (Å²) in [6, 6.07) is 0. The van der Waals surface area contributed by atoms with Gasteiger partial charge in [-0.25, -0.2) is 0 Å². The number of hydrogen-bond donors (Lipinski definition) is 1. The standard InChI is InChI=1S/C14H12F6O6/c1-3(21)6-4-2-5-8(7(4)22)25-10(23)12(5,6)11(24)26-9(13(15,16)17)14(18,19)20/h4-9,22H,2H2,1H3. The molecule has 0 aromatic heterocycles. The van der Waals surface area contributed by atoms with Crippen molar-refractivity contribution >= 4 is 17.7 Å². The fourth-order valence-corrected chi connectivity index (χ4v) is 4.55. The molecule has 146 valence electrons. The second-order valence-corrected chi connectivity index (χ2v) is 6.69. The molecule has 0 spiro atoms. The number of fused-ring (bicyclic) bond motifs is 1. The Morgan fingerprint density at radius 3 is 2.23 bits per heavy atom. The molecule has 2 aliphatic carbocycles. The van der Waals surface area contributed by atoms with Crippen LogP contribution in [0.5, 0.6) is 0 Å². The minimum atomic E-state index is -5.96. The quantitative estimate of drug-likeness (QED) is 0.442. The number of aliphatic hydroxyl groups excluding tert-OH is 1. The van der Waals surface area contributed by atoms with Crippen LogP contribution in [-0.4, -0.2) is 53.5 Å². The van der Waals surface area contributed by atoms with Crippen LogP contribution in [-0.2, 0) is 23.9 Å². The van der Waals surface area contributed by atoms with Gasteiger partial charge in [0.15, 0.2) is 5.41 Å². The maximum Gasteiger partial charge on any atom is 0.434 e. The van der Waals surface area contributed by atoms with E-state index in [0.29, 0.717) is 0 Å². The first-order valence-corrected chi connectivity index (χ1v) is 7.48. The fraction of sp³-hybridized carbons (Fsp3) is 0.786. The van der Waals surface area contributed by atoms with Crippen LogP contribution in [0.4, 0.5) is 26.3 Å². The van der Waals surface area contributed by atoms with Crippen molar-refractivity contribution < 1.29 is 55.3 Å². The van der Waals surface area contributed by atoms with Crippen molar-refractivity contribution in [2.45, 2.75) is 44.0 Å². The summed E-state index contributed by atoms with van der Waals surface area (Å²) in [4.78, 5) is 36.6. The number of carbonyl (C=O) groups is 3. The molecule has 0 aromatic carbocycles. The third-order valence-electron chi connectivity index (χ3n) is 5.38. The average molecular weight is 390 g/mol. The van der Waals surface area contributed by atoms with Crippen molar-refractivity contribution in [1.82, 2.24) is 0 Å². The van der Waals surface area contributed by atoms with Gasteiger partial charge < -0.3 is 14.6 Å². The first kappa shape index (κ1) is 18.9. The van der Waals surface area contributed by atoms with E-state index in [2.05, 4.69) is 4.74 Å². The number of ketones is 1. The molecule has 0 amide bonds. The molecule has 6 atom stereocenters. The van der Waals surface area contributed by atoms with Crippen molar-refractivity contribution in [1.29, 1.82) is 0 Å². The van der Waals surface area contributed by atoms with Crippen molar-refractivity contribution in [3.63, 3.8) is 0 Å². The van der Waals surface area contributed by atoms with Gasteiger partial charge >= 0.3 is 24.3 Å². The Balaban J connectivity index is 2.02. The van der Waals surface area contributed by atoms with Crippen LogP contribution < -0.4 is 0 Å². The summed E-state index contributed by atoms with van der Waals surface area (Å²) >= 11 is 0. The molecule has 6 nitrogen and oxygen atoms in total. The van der Waals surface area contributed by atoms with Crippen LogP contribution in [0.15, 0.2) is 0 Å². The van der Waals surface area contributed by atoms with Crippen LogP contribution in [0.2, 0.25) is 0 Å². The van der Waals surface area contributed by atoms with Gasteiger partial charge in [-0.3, -0.25) is 14.4 Å². The second-order valence-electron chi connectivity index (χ2n) is 6.69. The zero-order chi connectivity index (χ0) is 19.8. The predicted molar refractivity (Wildman–Crippen MR) is 66.1 cm³/mol. The van der Waals surface area contributed by atoms with E-state index < -0.39 is 71.6 Å². The fourth-order valence-electron chi connectivity index (χ4n) is 4.55. The molecule has 3 aliphatic rings. The predicted octanol–water partition coefficient (Wildman–Crippen LogP) is 1.15. The van der Waals surface area contributed by atoms with Gasteiger partial charge in [0.2, 0.25) is 0 Å². The Bertz CT molecular complexity index is 658. The molecule has 2 saturated carbocycles. The van der Waals surface area contributed by atoms with Crippen LogP contribution >= 0.6 is 0 Å². The molecule has 26 heavy (non-hydrogen) atoms. The van der Waals surface area contributed by atoms with Crippen LogP contribution in [0, 0.1) is 23.2 Å². The third-order valence-corrected chi connectivity index (χ3v) is 5.38. The van der Waals surface area contributed by atoms with Crippen LogP contribution in [0.25, 0.3) is 0 Å². The maximum absolute atomic E-state index is 12.7. The highest BCUT2D eigenvalue weighted by molar-refractivity contribution is 6.07. The highest BCUT2D eigenvalue weighted by atomic mass is 19.4. The van der Waals surface area contributed by atoms with E-state index in [-0.39, 0.29) is 6.42 Å². The number of alkyl halides is 6. The lowest BCUT2D eigenvalue weighted by Gasteiger charge is -2.36. The van der Waals surface area contributed by atoms with Gasteiger partial charge in [-0.15, -0.1) is 0 Å². The average Bonchev–Trinajstić information content (AvgIpc) is 3.03. The lowest BCUT2D eigenvalue weighted by Crippen LogP contribution is -2.56. The summed E-state index contributed by atoms with van der Waals surface area (Å²) in [7, 11) is 0. The van der Waals surface area contributed by atoms with E-state index in [0.717, 1.165) is 6.92 Å². The molecule has 3 fully saturated rings. The third kappa shape index (κ3) is 2.26. The topological polar surface area (TPSA) is 89.9 Å². The Morgan fingerprint density at radius 2 is 1.77 bits per heavy atom. The summed E-state index contributed by atoms with van der Waals surface area (Å²) in [5.41, 5.74) is -2.60. The minimum Gasteiger partial charge on any atom is -0.458 e. The first-order chi connectivity index (χ1) is 11.7. The van der Waals surface area contributed by atoms with Crippen LogP contribution in [0.1, 0.15) is 13.3 Å². The van der Waals surface area contributed by atoms with Gasteiger partial charge in [0, 0.05) is 11.8 Å². The van der Waals surface area contributed by atoms with Crippen molar-refractivity contribution in [2.75, 3.05) is 0 Å². The van der Waals surface area contributed by atoms with Gasteiger partial charge in [-0.05, 0) is 13.3 Å². The summed E-state index contributed by atoms with van der Waals surface area (Å²) in [5.74, 6) is -8.20. The molecule has 1 saturated heterocycles. The van der Waals surface area contributed by atoms with Gasteiger partial charge in [0.1, 0.15) is 11.9 Å². The molecular weight excluding hydrogens is 378 g/mol. The zero-order valence-electron chi connectivity index (χ0n) is 12.9. The summed E-state index contributed by atoms with van der Waals surface area (Å²) in [6.45, 7) is 0.929. The highest BCUT2D eigenvalue weighted by Gasteiger charge is 2.80. The Hall–Kier alpha value is -1.85. The SMILES string of the molecule is CC(=O)C1C2CC3C(OC(=O)C31C(=O)OC(C(F)(F)F)C(F)(F)F)C2O. The van der Waals surface area contributed by atoms with Crippen LogP contribution in [0.3, 0.4) is 0 Å². The monoisotopic (exact) mass is 390 g/mol. The van der Waals surface area contributed by atoms with E-state index in [1.165, 1.54) is 0 Å². The Labute approximate surface area is 141 Å². The summed E-state index contributed by atoms with van der Waals surface area (Å²) in [6.07, 6.45) is -19.1. The summed E-state index contributed by atoms with van der Waals surface area (Å²) < 4.78 is 84.6. The second kappa shape index (κ2) is 5.33. The van der Waals surface area contributed by atoms with E-state index in [1.807, 2.05) is 0 Å². The van der Waals surface area contributed by atoms with E-state index >= 15 is 0 Å². The molecule has 1 aliphatic heterocycles. The molecule has 0 aromatic rings. The normalized spacial score (nSPS) is 38.7. The number of esters is 2. The van der Waals surface area contributed by atoms with Gasteiger partial charge in [-0.2, -0.15) is 26.3 Å². The first-order valence-electron chi connectivity index (χ1n) is 7.48. The lowest BCUT2D eigenvalue weighted by molar-refractivity contribution is -0.316. The molecule has 3 rings (SSSR count). The van der Waals surface area contributed by atoms with Crippen molar-refractivity contribution in [2.24, 2.45) is 23.2 Å². The van der Waals surface area contributed by atoms with Crippen molar-refractivity contribution in [3.05, 3.63) is 0 Å². The largest absolute Gasteiger partial charge is 0.458 e.